The van der Waals surface area contributed by atoms with Crippen molar-refractivity contribution in [1.29, 1.82) is 0 Å². The Kier molecular flexibility index (Phi) is 2.39. The first kappa shape index (κ1) is 6.93. The Morgan fingerprint density at radius 3 is 2.67 bits per heavy atom. The van der Waals surface area contributed by atoms with E-state index in [-0.39, 0.29) is 11.2 Å². The van der Waals surface area contributed by atoms with Crippen LogP contribution < -0.4 is 5.73 Å². The van der Waals surface area contributed by atoms with Crippen LogP contribution in [0.25, 0.3) is 0 Å². The summed E-state index contributed by atoms with van der Waals surface area (Å²) < 4.78 is 0. The number of thioether (sulfide) groups is 1. The molecule has 1 fully saturated rings. The predicted octanol–water partition coefficient (Wildman–Crippen LogP) is 0.757. The van der Waals surface area contributed by atoms with Gasteiger partial charge in [-0.15, -0.1) is 11.8 Å². The molecule has 1 aliphatic heterocycles. The second-order valence-electron chi connectivity index (χ2n) is 2.26. The molecule has 0 spiro atoms. The predicted molar refractivity (Wildman–Crippen MR) is 39.3 cm³/mol. The fourth-order valence-electron chi connectivity index (χ4n) is 0.965. The molecule has 1 amide bonds. The maximum absolute atomic E-state index is 10.6. The molecule has 0 aromatic carbocycles. The van der Waals surface area contributed by atoms with Crippen molar-refractivity contribution in [3.05, 3.63) is 0 Å². The van der Waals surface area contributed by atoms with Crippen molar-refractivity contribution < 1.29 is 4.79 Å². The van der Waals surface area contributed by atoms with Gasteiger partial charge in [0.05, 0.1) is 5.25 Å². The largest absolute Gasteiger partial charge is 0.369 e. The van der Waals surface area contributed by atoms with E-state index in [1.807, 2.05) is 0 Å². The maximum atomic E-state index is 10.6. The monoisotopic (exact) mass is 145 g/mol. The van der Waals surface area contributed by atoms with Crippen LogP contribution in [0.1, 0.15) is 19.3 Å². The first-order chi connectivity index (χ1) is 4.30. The van der Waals surface area contributed by atoms with E-state index in [1.165, 1.54) is 12.8 Å². The first-order valence-corrected chi connectivity index (χ1v) is 4.26. The standard InChI is InChI=1S/C6H11NOS/c7-6(8)5-3-1-2-4-9-5/h5H,1-4H2,(H2,7,8)/t5-/m1/s1. The summed E-state index contributed by atoms with van der Waals surface area (Å²) in [6, 6.07) is 0. The fourth-order valence-corrected chi connectivity index (χ4v) is 2.12. The van der Waals surface area contributed by atoms with Crippen molar-refractivity contribution in [2.45, 2.75) is 24.5 Å². The molecule has 0 aromatic rings. The number of carbonyl (C=O) groups excluding carboxylic acids is 1. The number of hydrogen-bond donors (Lipinski definition) is 1. The van der Waals surface area contributed by atoms with Gasteiger partial charge in [-0.1, -0.05) is 6.42 Å². The first-order valence-electron chi connectivity index (χ1n) is 3.21. The zero-order valence-corrected chi connectivity index (χ0v) is 6.12. The fraction of sp³-hybridized carbons (Fsp3) is 0.833. The number of rotatable bonds is 1. The molecule has 1 aliphatic rings. The molecule has 9 heavy (non-hydrogen) atoms. The van der Waals surface area contributed by atoms with Crippen LogP contribution in [0.4, 0.5) is 0 Å². The van der Waals surface area contributed by atoms with Gasteiger partial charge in [0.25, 0.3) is 0 Å². The highest BCUT2D eigenvalue weighted by atomic mass is 32.2. The number of amides is 1. The van der Waals surface area contributed by atoms with E-state index in [9.17, 15) is 4.79 Å². The third-order valence-electron chi connectivity index (χ3n) is 1.50. The van der Waals surface area contributed by atoms with Crippen LogP contribution in [0.2, 0.25) is 0 Å². The lowest BCUT2D eigenvalue weighted by atomic mass is 10.2. The number of nitrogens with two attached hydrogens (primary N) is 1. The van der Waals surface area contributed by atoms with Crippen molar-refractivity contribution in [3.63, 3.8) is 0 Å². The highest BCUT2D eigenvalue weighted by Gasteiger charge is 2.18. The number of carbonyl (C=O) groups is 1. The summed E-state index contributed by atoms with van der Waals surface area (Å²) in [6.45, 7) is 0. The van der Waals surface area contributed by atoms with Gasteiger partial charge in [-0.05, 0) is 18.6 Å². The maximum Gasteiger partial charge on any atom is 0.230 e. The third-order valence-corrected chi connectivity index (χ3v) is 2.89. The number of primary amides is 1. The number of hydrogen-bond acceptors (Lipinski definition) is 2. The van der Waals surface area contributed by atoms with Crippen LogP contribution in [0.5, 0.6) is 0 Å². The second-order valence-corrected chi connectivity index (χ2v) is 3.57. The van der Waals surface area contributed by atoms with E-state index in [1.54, 1.807) is 11.8 Å². The summed E-state index contributed by atoms with van der Waals surface area (Å²) in [5, 5.41) is 0.110. The van der Waals surface area contributed by atoms with Gasteiger partial charge in [0.1, 0.15) is 0 Å². The molecular weight excluding hydrogens is 134 g/mol. The SMILES string of the molecule is NC(=O)[C@H]1CCCCS1. The molecule has 0 aliphatic carbocycles. The highest BCUT2D eigenvalue weighted by Crippen LogP contribution is 2.24. The average molecular weight is 145 g/mol. The van der Waals surface area contributed by atoms with E-state index in [2.05, 4.69) is 0 Å². The quantitative estimate of drug-likeness (QED) is 0.592. The van der Waals surface area contributed by atoms with Crippen LogP contribution in [0.3, 0.4) is 0 Å². The Morgan fingerprint density at radius 2 is 2.33 bits per heavy atom. The van der Waals surface area contributed by atoms with Crippen LogP contribution in [-0.4, -0.2) is 16.9 Å². The van der Waals surface area contributed by atoms with Crippen molar-refractivity contribution in [2.75, 3.05) is 5.75 Å². The molecule has 0 bridgehead atoms. The molecule has 1 rings (SSSR count). The van der Waals surface area contributed by atoms with Crippen molar-refractivity contribution >= 4 is 17.7 Å². The molecule has 1 saturated heterocycles. The molecule has 0 unspecified atom stereocenters. The summed E-state index contributed by atoms with van der Waals surface area (Å²) in [6.07, 6.45) is 3.40. The minimum Gasteiger partial charge on any atom is -0.369 e. The van der Waals surface area contributed by atoms with Gasteiger partial charge in [0.2, 0.25) is 5.91 Å². The van der Waals surface area contributed by atoms with Gasteiger partial charge in [-0.25, -0.2) is 0 Å². The normalized spacial score (nSPS) is 27.8. The van der Waals surface area contributed by atoms with Crippen LogP contribution >= 0.6 is 11.8 Å². The lowest BCUT2D eigenvalue weighted by Gasteiger charge is -2.17. The molecule has 0 aromatic heterocycles. The Morgan fingerprint density at radius 1 is 1.56 bits per heavy atom. The van der Waals surface area contributed by atoms with Crippen LogP contribution in [0, 0.1) is 0 Å². The van der Waals surface area contributed by atoms with E-state index in [0.29, 0.717) is 0 Å². The van der Waals surface area contributed by atoms with Gasteiger partial charge in [-0.3, -0.25) is 4.79 Å². The summed E-state index contributed by atoms with van der Waals surface area (Å²) in [5.41, 5.74) is 5.11. The minimum atomic E-state index is -0.139. The lowest BCUT2D eigenvalue weighted by molar-refractivity contribution is -0.117. The Hall–Kier alpha value is -0.180. The van der Waals surface area contributed by atoms with Crippen molar-refractivity contribution in [2.24, 2.45) is 5.73 Å². The molecule has 2 nitrogen and oxygen atoms in total. The summed E-state index contributed by atoms with van der Waals surface area (Å²) in [4.78, 5) is 10.6. The third kappa shape index (κ3) is 1.90. The molecule has 0 radical (unpaired) electrons. The summed E-state index contributed by atoms with van der Waals surface area (Å²) >= 11 is 1.70. The van der Waals surface area contributed by atoms with Gasteiger partial charge in [0.15, 0.2) is 0 Å². The summed E-state index contributed by atoms with van der Waals surface area (Å²) in [5.74, 6) is 0.966. The Labute approximate surface area is 59.2 Å². The zero-order chi connectivity index (χ0) is 6.69. The van der Waals surface area contributed by atoms with Crippen LogP contribution in [0.15, 0.2) is 0 Å². The van der Waals surface area contributed by atoms with E-state index >= 15 is 0 Å². The molecule has 1 atom stereocenters. The van der Waals surface area contributed by atoms with Gasteiger partial charge in [-0.2, -0.15) is 0 Å². The smallest absolute Gasteiger partial charge is 0.230 e. The molecular formula is C6H11NOS. The van der Waals surface area contributed by atoms with E-state index < -0.39 is 0 Å². The molecule has 52 valence electrons. The zero-order valence-electron chi connectivity index (χ0n) is 5.30. The summed E-state index contributed by atoms with van der Waals surface area (Å²) in [7, 11) is 0. The van der Waals surface area contributed by atoms with Gasteiger partial charge in [0, 0.05) is 0 Å². The topological polar surface area (TPSA) is 43.1 Å². The van der Waals surface area contributed by atoms with E-state index in [0.717, 1.165) is 12.2 Å². The lowest BCUT2D eigenvalue weighted by Crippen LogP contribution is -2.27. The van der Waals surface area contributed by atoms with Crippen molar-refractivity contribution in [1.82, 2.24) is 0 Å². The second kappa shape index (κ2) is 3.11. The van der Waals surface area contributed by atoms with Gasteiger partial charge >= 0.3 is 0 Å². The molecule has 2 N–H and O–H groups in total. The Balaban J connectivity index is 2.31. The average Bonchev–Trinajstić information content (AvgIpc) is 1.90. The van der Waals surface area contributed by atoms with E-state index in [4.69, 9.17) is 5.73 Å². The van der Waals surface area contributed by atoms with Crippen LogP contribution in [-0.2, 0) is 4.79 Å². The van der Waals surface area contributed by atoms with Gasteiger partial charge < -0.3 is 5.73 Å². The van der Waals surface area contributed by atoms with Crippen molar-refractivity contribution in [3.8, 4) is 0 Å². The molecule has 3 heteroatoms. The molecule has 1 heterocycles. The molecule has 0 saturated carbocycles. The Bertz CT molecular complexity index is 110. The minimum absolute atomic E-state index is 0.110. The highest BCUT2D eigenvalue weighted by molar-refractivity contribution is 8.00.